The van der Waals surface area contributed by atoms with Gasteiger partial charge in [-0.2, -0.15) is 5.10 Å². The van der Waals surface area contributed by atoms with Gasteiger partial charge in [-0.15, -0.1) is 0 Å². The number of halogens is 1. The molecule has 0 aliphatic carbocycles. The van der Waals surface area contributed by atoms with Crippen LogP contribution in [0.5, 0.6) is 5.75 Å². The van der Waals surface area contributed by atoms with Gasteiger partial charge in [0.15, 0.2) is 0 Å². The third-order valence-electron chi connectivity index (χ3n) is 5.82. The molecule has 1 atom stereocenters. The SMILES string of the molecule is COc1ccc(C2=NN(CN3C(=O)C(=O)c4cc(Br)ccc43)[C@@H](c3ccccc3)C2)cc1. The number of carbonyl (C=O) groups is 2. The van der Waals surface area contributed by atoms with E-state index < -0.39 is 11.7 Å². The molecule has 1 amide bonds. The zero-order valence-electron chi connectivity index (χ0n) is 17.4. The number of ketones is 1. The summed E-state index contributed by atoms with van der Waals surface area (Å²) in [5.41, 5.74) is 4.06. The molecular formula is C25H20BrN3O3. The van der Waals surface area contributed by atoms with Gasteiger partial charge >= 0.3 is 5.91 Å². The lowest BCUT2D eigenvalue weighted by molar-refractivity contribution is -0.114. The molecule has 32 heavy (non-hydrogen) atoms. The summed E-state index contributed by atoms with van der Waals surface area (Å²) in [5, 5.41) is 6.78. The first-order valence-corrected chi connectivity index (χ1v) is 11.0. The molecule has 2 aliphatic rings. The second-order valence-electron chi connectivity index (χ2n) is 7.71. The first-order chi connectivity index (χ1) is 15.5. The number of hydrogen-bond acceptors (Lipinski definition) is 5. The Kier molecular flexibility index (Phi) is 5.27. The van der Waals surface area contributed by atoms with E-state index in [1.54, 1.807) is 19.2 Å². The average Bonchev–Trinajstić information content (AvgIpc) is 3.35. The van der Waals surface area contributed by atoms with Crippen molar-refractivity contribution in [3.8, 4) is 5.75 Å². The third-order valence-corrected chi connectivity index (χ3v) is 6.32. The molecule has 0 unspecified atom stereocenters. The fourth-order valence-electron chi connectivity index (χ4n) is 4.17. The van der Waals surface area contributed by atoms with Crippen LogP contribution in [0, 0.1) is 0 Å². The number of amides is 1. The number of hydrazone groups is 1. The van der Waals surface area contributed by atoms with Crippen molar-refractivity contribution in [1.29, 1.82) is 0 Å². The van der Waals surface area contributed by atoms with Crippen molar-refractivity contribution >= 4 is 39.0 Å². The lowest BCUT2D eigenvalue weighted by Gasteiger charge is -2.28. The molecule has 6 nitrogen and oxygen atoms in total. The predicted octanol–water partition coefficient (Wildman–Crippen LogP) is 4.80. The molecule has 0 bridgehead atoms. The smallest absolute Gasteiger partial charge is 0.301 e. The predicted molar refractivity (Wildman–Crippen MR) is 126 cm³/mol. The fraction of sp³-hybridized carbons (Fsp3) is 0.160. The maximum Gasteiger partial charge on any atom is 0.301 e. The van der Waals surface area contributed by atoms with Crippen molar-refractivity contribution < 1.29 is 14.3 Å². The normalized spacial score (nSPS) is 17.6. The van der Waals surface area contributed by atoms with Gasteiger partial charge < -0.3 is 4.74 Å². The van der Waals surface area contributed by atoms with E-state index in [0.717, 1.165) is 27.1 Å². The molecule has 7 heteroatoms. The van der Waals surface area contributed by atoms with Gasteiger partial charge in [0.25, 0.3) is 5.78 Å². The summed E-state index contributed by atoms with van der Waals surface area (Å²) < 4.78 is 6.03. The number of carbonyl (C=O) groups excluding carboxylic acids is 2. The number of benzene rings is 3. The summed E-state index contributed by atoms with van der Waals surface area (Å²) in [7, 11) is 1.64. The summed E-state index contributed by atoms with van der Waals surface area (Å²) in [6.07, 6.45) is 0.694. The van der Waals surface area contributed by atoms with E-state index in [4.69, 9.17) is 9.84 Å². The highest BCUT2D eigenvalue weighted by atomic mass is 79.9. The Morgan fingerprint density at radius 3 is 2.50 bits per heavy atom. The Labute approximate surface area is 194 Å². The molecule has 2 aliphatic heterocycles. The van der Waals surface area contributed by atoms with Crippen LogP contribution >= 0.6 is 15.9 Å². The van der Waals surface area contributed by atoms with Gasteiger partial charge in [0.05, 0.1) is 30.1 Å². The largest absolute Gasteiger partial charge is 0.497 e. The van der Waals surface area contributed by atoms with Gasteiger partial charge in [-0.25, -0.2) is 0 Å². The molecule has 160 valence electrons. The van der Waals surface area contributed by atoms with Gasteiger partial charge in [0.1, 0.15) is 12.4 Å². The van der Waals surface area contributed by atoms with Gasteiger partial charge in [-0.3, -0.25) is 19.5 Å². The molecule has 5 rings (SSSR count). The van der Waals surface area contributed by atoms with Crippen molar-refractivity contribution in [2.24, 2.45) is 5.10 Å². The Bertz CT molecular complexity index is 1220. The quantitative estimate of drug-likeness (QED) is 0.483. The highest BCUT2D eigenvalue weighted by Crippen LogP contribution is 2.36. The van der Waals surface area contributed by atoms with E-state index in [1.165, 1.54) is 4.90 Å². The summed E-state index contributed by atoms with van der Waals surface area (Å²) in [5.74, 6) is -0.234. The van der Waals surface area contributed by atoms with Crippen molar-refractivity contribution in [2.75, 3.05) is 18.7 Å². The maximum atomic E-state index is 12.8. The Hall–Kier alpha value is -3.45. The Balaban J connectivity index is 1.50. The zero-order valence-corrected chi connectivity index (χ0v) is 19.0. The first kappa shape index (κ1) is 20.5. The van der Waals surface area contributed by atoms with Crippen LogP contribution in [-0.4, -0.2) is 36.2 Å². The summed E-state index contributed by atoms with van der Waals surface area (Å²) in [4.78, 5) is 26.9. The number of ether oxygens (including phenoxy) is 1. The molecule has 0 spiro atoms. The molecule has 0 aromatic heterocycles. The van der Waals surface area contributed by atoms with Crippen molar-refractivity contribution in [3.63, 3.8) is 0 Å². The summed E-state index contributed by atoms with van der Waals surface area (Å²) in [6, 6.07) is 23.2. The van der Waals surface area contributed by atoms with Crippen molar-refractivity contribution in [1.82, 2.24) is 5.01 Å². The Morgan fingerprint density at radius 2 is 1.78 bits per heavy atom. The van der Waals surface area contributed by atoms with Gasteiger partial charge in [-0.05, 0) is 53.6 Å². The van der Waals surface area contributed by atoms with E-state index in [9.17, 15) is 9.59 Å². The summed E-state index contributed by atoms with van der Waals surface area (Å²) >= 11 is 3.38. The number of Topliss-reactive ketones (excluding diaryl/α,β-unsaturated/α-hetero) is 1. The second kappa shape index (κ2) is 8.24. The first-order valence-electron chi connectivity index (χ1n) is 10.2. The van der Waals surface area contributed by atoms with Crippen LogP contribution in [-0.2, 0) is 4.79 Å². The number of rotatable bonds is 5. The highest BCUT2D eigenvalue weighted by Gasteiger charge is 2.39. The van der Waals surface area contributed by atoms with Crippen LogP contribution in [0.25, 0.3) is 0 Å². The van der Waals surface area contributed by atoms with E-state index >= 15 is 0 Å². The standard InChI is InChI=1S/C25H20BrN3O3/c1-32-19-10-7-16(8-11-19)21-14-23(17-5-3-2-4-6-17)29(27-21)15-28-22-12-9-18(26)13-20(22)24(30)25(28)31/h2-13,23H,14-15H2,1H3/t23-/m1/s1. The minimum Gasteiger partial charge on any atom is -0.497 e. The lowest BCUT2D eigenvalue weighted by atomic mass is 9.98. The van der Waals surface area contributed by atoms with E-state index in [2.05, 4.69) is 28.1 Å². The van der Waals surface area contributed by atoms with Gasteiger partial charge in [0, 0.05) is 10.9 Å². The molecule has 0 radical (unpaired) electrons. The van der Waals surface area contributed by atoms with E-state index in [0.29, 0.717) is 17.7 Å². The molecule has 0 N–H and O–H groups in total. The fourth-order valence-corrected chi connectivity index (χ4v) is 4.53. The van der Waals surface area contributed by atoms with Crippen molar-refractivity contribution in [3.05, 3.63) is 94.0 Å². The molecule has 2 heterocycles. The zero-order chi connectivity index (χ0) is 22.2. The number of hydrogen-bond donors (Lipinski definition) is 0. The minimum atomic E-state index is -0.530. The average molecular weight is 490 g/mol. The summed E-state index contributed by atoms with van der Waals surface area (Å²) in [6.45, 7) is 0.193. The Morgan fingerprint density at radius 1 is 1.03 bits per heavy atom. The number of methoxy groups -OCH3 is 1. The molecule has 0 fully saturated rings. The van der Waals surface area contributed by atoms with Gasteiger partial charge in [-0.1, -0.05) is 46.3 Å². The van der Waals surface area contributed by atoms with Crippen LogP contribution in [0.1, 0.15) is 33.9 Å². The molecular weight excluding hydrogens is 470 g/mol. The minimum absolute atomic E-state index is 0.0456. The third kappa shape index (κ3) is 3.58. The highest BCUT2D eigenvalue weighted by molar-refractivity contribution is 9.10. The topological polar surface area (TPSA) is 62.2 Å². The lowest BCUT2D eigenvalue weighted by Crippen LogP contribution is -2.39. The monoisotopic (exact) mass is 489 g/mol. The van der Waals surface area contributed by atoms with Crippen LogP contribution < -0.4 is 9.64 Å². The number of nitrogens with zero attached hydrogens (tertiary/aromatic N) is 3. The molecule has 0 saturated carbocycles. The van der Waals surface area contributed by atoms with Crippen molar-refractivity contribution in [2.45, 2.75) is 12.5 Å². The van der Waals surface area contributed by atoms with Gasteiger partial charge in [0.2, 0.25) is 0 Å². The van der Waals surface area contributed by atoms with E-state index in [1.807, 2.05) is 53.5 Å². The molecule has 3 aromatic carbocycles. The van der Waals surface area contributed by atoms with Crippen LogP contribution in [0.3, 0.4) is 0 Å². The molecule has 0 saturated heterocycles. The van der Waals surface area contributed by atoms with Crippen LogP contribution in [0.15, 0.2) is 82.4 Å². The molecule has 3 aromatic rings. The maximum absolute atomic E-state index is 12.8. The number of fused-ring (bicyclic) bond motifs is 1. The van der Waals surface area contributed by atoms with E-state index in [-0.39, 0.29) is 12.7 Å². The van der Waals surface area contributed by atoms with Crippen LogP contribution in [0.2, 0.25) is 0 Å². The second-order valence-corrected chi connectivity index (χ2v) is 8.63. The van der Waals surface area contributed by atoms with Crippen LogP contribution in [0.4, 0.5) is 5.69 Å². The number of anilines is 1.